The number of alkyl halides is 3. The van der Waals surface area contributed by atoms with Crippen molar-refractivity contribution in [1.29, 1.82) is 0 Å². The standard InChI is InChI=1S/C21H18F3N3O2S2/c22-21(23,24)14-2-3-17-16(10-14)26-20(29)18(31-17)11-15-9-13(12-30-15)1-4-19(28)27-7-5-25-6-8-27/h1-4,9-12,25H,5-8H2,(H,26,29)/b4-1+,18-11?. The number of halogens is 3. The Balaban J connectivity index is 1.46. The molecule has 1 aromatic heterocycles. The minimum atomic E-state index is -4.46. The maximum Gasteiger partial charge on any atom is 0.416 e. The van der Waals surface area contributed by atoms with E-state index in [1.807, 2.05) is 11.4 Å². The van der Waals surface area contributed by atoms with Crippen molar-refractivity contribution in [1.82, 2.24) is 10.2 Å². The fraction of sp³-hybridized carbons (Fsp3) is 0.238. The van der Waals surface area contributed by atoms with Crippen molar-refractivity contribution >= 4 is 52.8 Å². The lowest BCUT2D eigenvalue weighted by Gasteiger charge is -2.26. The number of nitrogens with one attached hydrogen (secondary N) is 2. The monoisotopic (exact) mass is 465 g/mol. The summed E-state index contributed by atoms with van der Waals surface area (Å²) in [6, 6.07) is 5.17. The fourth-order valence-electron chi connectivity index (χ4n) is 3.16. The second kappa shape index (κ2) is 8.89. The number of carbonyl (C=O) groups excluding carboxylic acids is 2. The number of thiophene rings is 1. The lowest BCUT2D eigenvalue weighted by atomic mass is 10.2. The van der Waals surface area contributed by atoms with Crippen LogP contribution in [0.2, 0.25) is 0 Å². The molecule has 0 aliphatic carbocycles. The van der Waals surface area contributed by atoms with Crippen LogP contribution >= 0.6 is 23.1 Å². The molecule has 0 radical (unpaired) electrons. The molecule has 3 heterocycles. The number of hydrogen-bond donors (Lipinski definition) is 2. The molecule has 1 aromatic carbocycles. The third kappa shape index (κ3) is 5.20. The summed E-state index contributed by atoms with van der Waals surface area (Å²) < 4.78 is 38.6. The summed E-state index contributed by atoms with van der Waals surface area (Å²) in [6.45, 7) is 2.94. The molecule has 2 amide bonds. The number of hydrogen-bond acceptors (Lipinski definition) is 5. The van der Waals surface area contributed by atoms with Crippen LogP contribution in [0.4, 0.5) is 18.9 Å². The smallest absolute Gasteiger partial charge is 0.337 e. The Kier molecular flexibility index (Phi) is 6.22. The topological polar surface area (TPSA) is 61.4 Å². The Morgan fingerprint density at radius 2 is 1.94 bits per heavy atom. The first-order valence-electron chi connectivity index (χ1n) is 9.48. The molecule has 5 nitrogen and oxygen atoms in total. The first-order chi connectivity index (χ1) is 14.8. The van der Waals surface area contributed by atoms with Crippen molar-refractivity contribution in [3.8, 4) is 0 Å². The van der Waals surface area contributed by atoms with Gasteiger partial charge in [0.05, 0.1) is 16.2 Å². The Labute approximate surface area is 185 Å². The third-order valence-electron chi connectivity index (χ3n) is 4.76. The average molecular weight is 466 g/mol. The van der Waals surface area contributed by atoms with Crippen LogP contribution in [0.5, 0.6) is 0 Å². The van der Waals surface area contributed by atoms with Gasteiger partial charge in [-0.15, -0.1) is 11.3 Å². The van der Waals surface area contributed by atoms with Crippen LogP contribution in [0.3, 0.4) is 0 Å². The Morgan fingerprint density at radius 1 is 1.16 bits per heavy atom. The van der Waals surface area contributed by atoms with Crippen molar-refractivity contribution in [2.24, 2.45) is 0 Å². The highest BCUT2D eigenvalue weighted by atomic mass is 32.2. The largest absolute Gasteiger partial charge is 0.416 e. The van der Waals surface area contributed by atoms with Crippen molar-refractivity contribution in [2.75, 3.05) is 31.5 Å². The summed E-state index contributed by atoms with van der Waals surface area (Å²) in [7, 11) is 0. The van der Waals surface area contributed by atoms with Gasteiger partial charge in [-0.2, -0.15) is 13.2 Å². The van der Waals surface area contributed by atoms with Crippen LogP contribution in [0.25, 0.3) is 12.2 Å². The lowest BCUT2D eigenvalue weighted by Crippen LogP contribution is -2.45. The summed E-state index contributed by atoms with van der Waals surface area (Å²) in [5, 5.41) is 7.61. The molecular weight excluding hydrogens is 447 g/mol. The molecule has 4 rings (SSSR count). The average Bonchev–Trinajstić information content (AvgIpc) is 3.19. The van der Waals surface area contributed by atoms with Crippen molar-refractivity contribution in [3.63, 3.8) is 0 Å². The molecule has 31 heavy (non-hydrogen) atoms. The summed E-state index contributed by atoms with van der Waals surface area (Å²) in [6.07, 6.45) is 0.514. The molecule has 10 heteroatoms. The molecule has 0 unspecified atom stereocenters. The summed E-state index contributed by atoms with van der Waals surface area (Å²) in [5.74, 6) is -0.485. The van der Waals surface area contributed by atoms with E-state index in [-0.39, 0.29) is 11.6 Å². The van der Waals surface area contributed by atoms with Gasteiger partial charge in [0.2, 0.25) is 5.91 Å². The number of rotatable bonds is 3. The van der Waals surface area contributed by atoms with E-state index >= 15 is 0 Å². The minimum Gasteiger partial charge on any atom is -0.337 e. The summed E-state index contributed by atoms with van der Waals surface area (Å²) in [5.41, 5.74) is 0.199. The number of piperazine rings is 1. The molecular formula is C21H18F3N3O2S2. The van der Waals surface area contributed by atoms with Gasteiger partial charge in [0.1, 0.15) is 0 Å². The van der Waals surface area contributed by atoms with E-state index in [2.05, 4.69) is 10.6 Å². The third-order valence-corrected chi connectivity index (χ3v) is 6.76. The maximum absolute atomic E-state index is 12.9. The Hall–Kier alpha value is -2.56. The number of carbonyl (C=O) groups is 2. The normalized spacial score (nSPS) is 18.4. The van der Waals surface area contributed by atoms with Gasteiger partial charge >= 0.3 is 6.18 Å². The second-order valence-electron chi connectivity index (χ2n) is 6.96. The molecule has 0 saturated carbocycles. The van der Waals surface area contributed by atoms with Gasteiger partial charge in [-0.25, -0.2) is 0 Å². The van der Waals surface area contributed by atoms with Gasteiger partial charge in [0.15, 0.2) is 0 Å². The van der Waals surface area contributed by atoms with Crippen LogP contribution in [-0.4, -0.2) is 42.9 Å². The maximum atomic E-state index is 12.9. The first kappa shape index (κ1) is 21.7. The van der Waals surface area contributed by atoms with Gasteiger partial charge in [0.25, 0.3) is 5.91 Å². The number of fused-ring (bicyclic) bond motifs is 1. The number of benzene rings is 1. The molecule has 2 aromatic rings. The van der Waals surface area contributed by atoms with Gasteiger partial charge in [-0.1, -0.05) is 11.8 Å². The van der Waals surface area contributed by atoms with Gasteiger partial charge in [-0.05, 0) is 47.4 Å². The molecule has 0 bridgehead atoms. The quantitative estimate of drug-likeness (QED) is 0.664. The van der Waals surface area contributed by atoms with E-state index in [1.165, 1.54) is 17.4 Å². The predicted molar refractivity (Wildman–Crippen MR) is 117 cm³/mol. The fourth-order valence-corrected chi connectivity index (χ4v) is 4.96. The molecule has 0 spiro atoms. The minimum absolute atomic E-state index is 0.0374. The van der Waals surface area contributed by atoms with Crippen LogP contribution in [0.1, 0.15) is 16.0 Å². The van der Waals surface area contributed by atoms with Crippen molar-refractivity contribution in [2.45, 2.75) is 11.1 Å². The van der Waals surface area contributed by atoms with E-state index in [0.717, 1.165) is 47.4 Å². The zero-order chi connectivity index (χ0) is 22.0. The summed E-state index contributed by atoms with van der Waals surface area (Å²) in [4.78, 5) is 28.1. The van der Waals surface area contributed by atoms with E-state index in [1.54, 1.807) is 23.1 Å². The van der Waals surface area contributed by atoms with Gasteiger partial charge < -0.3 is 15.5 Å². The molecule has 2 aliphatic heterocycles. The molecule has 0 atom stereocenters. The number of anilines is 1. The molecule has 2 N–H and O–H groups in total. The molecule has 2 aliphatic rings. The van der Waals surface area contributed by atoms with Crippen LogP contribution < -0.4 is 10.6 Å². The van der Waals surface area contributed by atoms with Crippen molar-refractivity contribution < 1.29 is 22.8 Å². The second-order valence-corrected chi connectivity index (χ2v) is 8.99. The Morgan fingerprint density at radius 3 is 2.68 bits per heavy atom. The molecule has 162 valence electrons. The van der Waals surface area contributed by atoms with Crippen LogP contribution in [-0.2, 0) is 15.8 Å². The number of thioether (sulfide) groups is 1. The molecule has 1 fully saturated rings. The highest BCUT2D eigenvalue weighted by Gasteiger charge is 2.32. The highest BCUT2D eigenvalue weighted by molar-refractivity contribution is 8.04. The number of amides is 2. The van der Waals surface area contributed by atoms with Crippen molar-refractivity contribution in [3.05, 3.63) is 56.6 Å². The summed E-state index contributed by atoms with van der Waals surface area (Å²) >= 11 is 2.54. The zero-order valence-corrected chi connectivity index (χ0v) is 17.8. The highest BCUT2D eigenvalue weighted by Crippen LogP contribution is 2.42. The van der Waals surface area contributed by atoms with Gasteiger partial charge in [0, 0.05) is 42.0 Å². The van der Waals surface area contributed by atoms with Crippen LogP contribution in [0.15, 0.2) is 45.5 Å². The zero-order valence-electron chi connectivity index (χ0n) is 16.2. The predicted octanol–water partition coefficient (Wildman–Crippen LogP) is 4.30. The van der Waals surface area contributed by atoms with E-state index in [9.17, 15) is 22.8 Å². The van der Waals surface area contributed by atoms with Crippen LogP contribution in [0, 0.1) is 0 Å². The molecule has 1 saturated heterocycles. The SMILES string of the molecule is O=C1Nc2cc(C(F)(F)F)ccc2SC1=Cc1cc(/C=C/C(=O)N2CCNCC2)cs1. The van der Waals surface area contributed by atoms with E-state index < -0.39 is 17.6 Å². The Bertz CT molecular complexity index is 1070. The van der Waals surface area contributed by atoms with E-state index in [4.69, 9.17) is 0 Å². The number of nitrogens with zero attached hydrogens (tertiary/aromatic N) is 1. The first-order valence-corrected chi connectivity index (χ1v) is 11.2. The lowest BCUT2D eigenvalue weighted by molar-refractivity contribution is -0.137. The van der Waals surface area contributed by atoms with Gasteiger partial charge in [-0.3, -0.25) is 9.59 Å². The van der Waals surface area contributed by atoms with E-state index in [0.29, 0.717) is 22.9 Å².